The highest BCUT2D eigenvalue weighted by Crippen LogP contribution is 2.38. The van der Waals surface area contributed by atoms with E-state index in [-0.39, 0.29) is 21.9 Å². The molecule has 2 aromatic heterocycles. The van der Waals surface area contributed by atoms with Crippen molar-refractivity contribution < 1.29 is 9.52 Å². The van der Waals surface area contributed by atoms with Crippen LogP contribution in [0.1, 0.15) is 24.4 Å². The summed E-state index contributed by atoms with van der Waals surface area (Å²) >= 11 is 7.36. The van der Waals surface area contributed by atoms with Gasteiger partial charge in [-0.15, -0.1) is 0 Å². The molecule has 25 heavy (non-hydrogen) atoms. The molecule has 1 aliphatic carbocycles. The first-order valence-electron chi connectivity index (χ1n) is 7.68. The summed E-state index contributed by atoms with van der Waals surface area (Å²) in [5.41, 5.74) is 0.180. The van der Waals surface area contributed by atoms with Crippen LogP contribution in [0.25, 0.3) is 11.0 Å². The summed E-state index contributed by atoms with van der Waals surface area (Å²) in [6, 6.07) is 6.13. The van der Waals surface area contributed by atoms with Gasteiger partial charge in [0.2, 0.25) is 0 Å². The van der Waals surface area contributed by atoms with E-state index in [1.165, 1.54) is 30.0 Å². The summed E-state index contributed by atoms with van der Waals surface area (Å²) in [6.45, 7) is 0. The van der Waals surface area contributed by atoms with Crippen molar-refractivity contribution in [2.24, 2.45) is 0 Å². The number of nitrogens with zero attached hydrogens (tertiary/aromatic N) is 2. The number of phenolic OH excluding ortho intramolecular Hbond substituents is 1. The fourth-order valence-electron chi connectivity index (χ4n) is 2.63. The lowest BCUT2D eigenvalue weighted by molar-refractivity contribution is 0.473. The fourth-order valence-corrected chi connectivity index (χ4v) is 3.83. The number of halogens is 1. The number of fused-ring (bicyclic) bond motifs is 1. The summed E-state index contributed by atoms with van der Waals surface area (Å²) in [4.78, 5) is 27.5. The van der Waals surface area contributed by atoms with Gasteiger partial charge in [0.05, 0.1) is 5.02 Å². The van der Waals surface area contributed by atoms with Gasteiger partial charge in [0.1, 0.15) is 11.3 Å². The highest BCUT2D eigenvalue weighted by molar-refractivity contribution is 7.98. The van der Waals surface area contributed by atoms with Gasteiger partial charge in [-0.1, -0.05) is 23.4 Å². The fraction of sp³-hybridized carbons (Fsp3) is 0.235. The lowest BCUT2D eigenvalue weighted by Gasteiger charge is -2.11. The Kier molecular flexibility index (Phi) is 4.05. The van der Waals surface area contributed by atoms with Crippen LogP contribution in [0.15, 0.2) is 49.6 Å². The van der Waals surface area contributed by atoms with E-state index in [0.717, 1.165) is 12.8 Å². The minimum absolute atomic E-state index is 0.144. The van der Waals surface area contributed by atoms with E-state index in [4.69, 9.17) is 16.0 Å². The number of thioether (sulfide) groups is 1. The summed E-state index contributed by atoms with van der Waals surface area (Å²) in [6.07, 6.45) is 3.91. The number of hydrogen-bond donors (Lipinski definition) is 1. The van der Waals surface area contributed by atoms with E-state index >= 15 is 0 Å². The minimum Gasteiger partial charge on any atom is -0.506 e. The Balaban J connectivity index is 1.72. The second kappa shape index (κ2) is 6.24. The van der Waals surface area contributed by atoms with Crippen LogP contribution in [0, 0.1) is 0 Å². The van der Waals surface area contributed by atoms with Crippen molar-refractivity contribution in [2.75, 3.05) is 0 Å². The van der Waals surface area contributed by atoms with Crippen LogP contribution in [-0.2, 0) is 5.75 Å². The number of aromatic nitrogens is 2. The molecule has 4 rings (SSSR count). The second-order valence-corrected chi connectivity index (χ2v) is 7.22. The first-order chi connectivity index (χ1) is 12.0. The SMILES string of the molecule is O=c1ccn(C2CC2)c(SCc2cc(=O)oc3cc(O)c(Cl)cc23)n1. The quantitative estimate of drug-likeness (QED) is 0.427. The molecule has 8 heteroatoms. The Morgan fingerprint density at radius 2 is 2.12 bits per heavy atom. The van der Waals surface area contributed by atoms with E-state index < -0.39 is 5.63 Å². The second-order valence-electron chi connectivity index (χ2n) is 5.87. The zero-order valence-corrected chi connectivity index (χ0v) is 14.5. The van der Waals surface area contributed by atoms with Crippen molar-refractivity contribution >= 4 is 34.3 Å². The Labute approximate surface area is 151 Å². The molecule has 128 valence electrons. The molecular formula is C17H13ClN2O4S. The zero-order valence-electron chi connectivity index (χ0n) is 12.9. The normalized spacial score (nSPS) is 14.1. The van der Waals surface area contributed by atoms with Crippen molar-refractivity contribution in [3.8, 4) is 5.75 Å². The minimum atomic E-state index is -0.509. The predicted molar refractivity (Wildman–Crippen MR) is 95.5 cm³/mol. The molecule has 0 saturated heterocycles. The van der Waals surface area contributed by atoms with Crippen molar-refractivity contribution in [1.82, 2.24) is 9.55 Å². The summed E-state index contributed by atoms with van der Waals surface area (Å²) in [5, 5.41) is 11.1. The van der Waals surface area contributed by atoms with Gasteiger partial charge in [0.15, 0.2) is 5.16 Å². The topological polar surface area (TPSA) is 85.3 Å². The number of aromatic hydroxyl groups is 1. The standard InChI is InChI=1S/C17H13ClN2O4S/c18-12-6-11-9(5-16(23)24-14(11)7-13(12)21)8-25-17-19-15(22)3-4-20(17)10-1-2-10/h3-7,10,21H,1-2,8H2. The van der Waals surface area contributed by atoms with E-state index in [0.29, 0.717) is 27.9 Å². The van der Waals surface area contributed by atoms with Gasteiger partial charge in [0, 0.05) is 41.6 Å². The van der Waals surface area contributed by atoms with E-state index in [1.54, 1.807) is 12.3 Å². The Morgan fingerprint density at radius 3 is 2.88 bits per heavy atom. The Hall–Kier alpha value is -2.25. The van der Waals surface area contributed by atoms with Crippen LogP contribution >= 0.6 is 23.4 Å². The van der Waals surface area contributed by atoms with Gasteiger partial charge in [-0.2, -0.15) is 4.98 Å². The molecule has 2 heterocycles. The number of hydrogen-bond acceptors (Lipinski definition) is 6. The average molecular weight is 377 g/mol. The first-order valence-corrected chi connectivity index (χ1v) is 9.05. The number of benzene rings is 1. The molecule has 1 fully saturated rings. The molecule has 1 N–H and O–H groups in total. The monoisotopic (exact) mass is 376 g/mol. The van der Waals surface area contributed by atoms with Crippen LogP contribution < -0.4 is 11.2 Å². The molecule has 0 bridgehead atoms. The maximum absolute atomic E-state index is 11.8. The van der Waals surface area contributed by atoms with Crippen LogP contribution in [0.2, 0.25) is 5.02 Å². The lowest BCUT2D eigenvalue weighted by atomic mass is 10.1. The summed E-state index contributed by atoms with van der Waals surface area (Å²) in [7, 11) is 0. The van der Waals surface area contributed by atoms with Crippen molar-refractivity contribution in [2.45, 2.75) is 29.8 Å². The molecule has 0 radical (unpaired) electrons. The van der Waals surface area contributed by atoms with Crippen LogP contribution in [0.5, 0.6) is 5.75 Å². The molecule has 0 spiro atoms. The zero-order chi connectivity index (χ0) is 17.6. The molecule has 1 aliphatic rings. The van der Waals surface area contributed by atoms with Gasteiger partial charge < -0.3 is 14.1 Å². The molecule has 1 saturated carbocycles. The van der Waals surface area contributed by atoms with Crippen molar-refractivity contribution in [1.29, 1.82) is 0 Å². The average Bonchev–Trinajstić information content (AvgIpc) is 3.39. The highest BCUT2D eigenvalue weighted by Gasteiger charge is 2.25. The molecule has 0 unspecified atom stereocenters. The molecule has 0 aliphatic heterocycles. The van der Waals surface area contributed by atoms with Crippen molar-refractivity contribution in [3.63, 3.8) is 0 Å². The third-order valence-electron chi connectivity index (χ3n) is 4.00. The lowest BCUT2D eigenvalue weighted by Crippen LogP contribution is -2.12. The number of phenols is 1. The third-order valence-corrected chi connectivity index (χ3v) is 5.32. The molecule has 3 aromatic rings. The molecule has 0 atom stereocenters. The van der Waals surface area contributed by atoms with Gasteiger partial charge in [-0.05, 0) is 24.5 Å². The maximum Gasteiger partial charge on any atom is 0.336 e. The van der Waals surface area contributed by atoms with Crippen LogP contribution in [0.3, 0.4) is 0 Å². The van der Waals surface area contributed by atoms with Gasteiger partial charge in [0.25, 0.3) is 5.56 Å². The molecule has 0 amide bonds. The summed E-state index contributed by atoms with van der Waals surface area (Å²) in [5.74, 6) is 0.279. The number of rotatable bonds is 4. The smallest absolute Gasteiger partial charge is 0.336 e. The first kappa shape index (κ1) is 16.2. The Morgan fingerprint density at radius 1 is 1.32 bits per heavy atom. The van der Waals surface area contributed by atoms with Crippen LogP contribution in [-0.4, -0.2) is 14.7 Å². The van der Waals surface area contributed by atoms with Gasteiger partial charge >= 0.3 is 5.63 Å². The van der Waals surface area contributed by atoms with Gasteiger partial charge in [-0.3, -0.25) is 4.79 Å². The van der Waals surface area contributed by atoms with Crippen LogP contribution in [0.4, 0.5) is 0 Å². The molecular weight excluding hydrogens is 364 g/mol. The van der Waals surface area contributed by atoms with Gasteiger partial charge in [-0.25, -0.2) is 4.79 Å². The van der Waals surface area contributed by atoms with Crippen molar-refractivity contribution in [3.05, 3.63) is 61.8 Å². The third kappa shape index (κ3) is 3.29. The van der Waals surface area contributed by atoms with E-state index in [2.05, 4.69) is 4.98 Å². The highest BCUT2D eigenvalue weighted by atomic mass is 35.5. The molecule has 6 nitrogen and oxygen atoms in total. The largest absolute Gasteiger partial charge is 0.506 e. The summed E-state index contributed by atoms with van der Waals surface area (Å²) < 4.78 is 7.13. The maximum atomic E-state index is 11.8. The van der Waals surface area contributed by atoms with E-state index in [1.807, 2.05) is 4.57 Å². The Bertz CT molecular complexity index is 1090. The van der Waals surface area contributed by atoms with E-state index in [9.17, 15) is 14.7 Å². The predicted octanol–water partition coefficient (Wildman–Crippen LogP) is 3.34. The molecule has 1 aromatic carbocycles.